The molecule has 0 radical (unpaired) electrons. The average molecular weight is 393 g/mol. The van der Waals surface area contributed by atoms with Crippen LogP contribution in [0.2, 0.25) is 0 Å². The van der Waals surface area contributed by atoms with Crippen LogP contribution in [-0.2, 0) is 6.54 Å². The molecule has 3 rings (SSSR count). The summed E-state index contributed by atoms with van der Waals surface area (Å²) >= 11 is 0. The number of non-ortho nitro benzene ring substituents is 1. The van der Waals surface area contributed by atoms with Crippen LogP contribution in [0.1, 0.15) is 21.5 Å². The SMILES string of the molecule is COc1ccc([N+](=O)[O-])cc1NC(=O)c1ccc(=O)n(Cc2cccc(C)c2)c1. The molecule has 1 N–H and O–H groups in total. The molecule has 0 spiro atoms. The van der Waals surface area contributed by atoms with Gasteiger partial charge in [-0.1, -0.05) is 29.8 Å². The van der Waals surface area contributed by atoms with Crippen LogP contribution in [0.3, 0.4) is 0 Å². The van der Waals surface area contributed by atoms with Crippen molar-refractivity contribution in [3.63, 3.8) is 0 Å². The van der Waals surface area contributed by atoms with E-state index in [9.17, 15) is 19.7 Å². The van der Waals surface area contributed by atoms with Crippen LogP contribution in [0.4, 0.5) is 11.4 Å². The third kappa shape index (κ3) is 4.67. The number of aromatic nitrogens is 1. The Kier molecular flexibility index (Phi) is 5.73. The van der Waals surface area contributed by atoms with Crippen molar-refractivity contribution < 1.29 is 14.5 Å². The summed E-state index contributed by atoms with van der Waals surface area (Å²) in [5, 5.41) is 13.6. The molecule has 0 atom stereocenters. The number of nitro groups is 1. The molecule has 8 heteroatoms. The molecule has 0 saturated carbocycles. The number of ether oxygens (including phenoxy) is 1. The second-order valence-corrected chi connectivity index (χ2v) is 6.47. The Bertz CT molecular complexity index is 1140. The number of benzene rings is 2. The fourth-order valence-corrected chi connectivity index (χ4v) is 2.90. The fourth-order valence-electron chi connectivity index (χ4n) is 2.90. The van der Waals surface area contributed by atoms with Crippen LogP contribution in [0.25, 0.3) is 0 Å². The van der Waals surface area contributed by atoms with Gasteiger partial charge in [-0.3, -0.25) is 19.7 Å². The molecule has 0 saturated heterocycles. The van der Waals surface area contributed by atoms with Gasteiger partial charge in [0.15, 0.2) is 0 Å². The lowest BCUT2D eigenvalue weighted by Gasteiger charge is -2.12. The molecule has 29 heavy (non-hydrogen) atoms. The zero-order valence-electron chi connectivity index (χ0n) is 15.9. The number of carbonyl (C=O) groups excluding carboxylic acids is 1. The third-order valence-electron chi connectivity index (χ3n) is 4.32. The van der Waals surface area contributed by atoms with Crippen LogP contribution in [-0.4, -0.2) is 22.5 Å². The van der Waals surface area contributed by atoms with Gasteiger partial charge in [-0.25, -0.2) is 0 Å². The molecule has 0 bridgehead atoms. The summed E-state index contributed by atoms with van der Waals surface area (Å²) in [6.07, 6.45) is 1.46. The van der Waals surface area contributed by atoms with E-state index in [1.165, 1.54) is 48.2 Å². The second-order valence-electron chi connectivity index (χ2n) is 6.47. The highest BCUT2D eigenvalue weighted by Crippen LogP contribution is 2.29. The third-order valence-corrected chi connectivity index (χ3v) is 4.32. The number of anilines is 1. The maximum absolute atomic E-state index is 12.7. The highest BCUT2D eigenvalue weighted by atomic mass is 16.6. The molecule has 8 nitrogen and oxygen atoms in total. The molecule has 3 aromatic rings. The minimum Gasteiger partial charge on any atom is -0.495 e. The monoisotopic (exact) mass is 393 g/mol. The summed E-state index contributed by atoms with van der Waals surface area (Å²) in [6, 6.07) is 14.4. The number of hydrogen-bond donors (Lipinski definition) is 1. The van der Waals surface area contributed by atoms with Crippen molar-refractivity contribution in [3.05, 3.63) is 98.0 Å². The van der Waals surface area contributed by atoms with Gasteiger partial charge in [0.2, 0.25) is 0 Å². The molecule has 0 aliphatic carbocycles. The van der Waals surface area contributed by atoms with Crippen LogP contribution >= 0.6 is 0 Å². The van der Waals surface area contributed by atoms with Crippen LogP contribution in [0.5, 0.6) is 5.75 Å². The molecule has 1 amide bonds. The van der Waals surface area contributed by atoms with Gasteiger partial charge < -0.3 is 14.6 Å². The lowest BCUT2D eigenvalue weighted by Crippen LogP contribution is -2.22. The number of methoxy groups -OCH3 is 1. The number of hydrogen-bond acceptors (Lipinski definition) is 5. The summed E-state index contributed by atoms with van der Waals surface area (Å²) in [5.74, 6) is -0.223. The highest BCUT2D eigenvalue weighted by Gasteiger charge is 2.15. The van der Waals surface area contributed by atoms with E-state index in [0.29, 0.717) is 6.54 Å². The van der Waals surface area contributed by atoms with E-state index < -0.39 is 10.8 Å². The van der Waals surface area contributed by atoms with E-state index in [0.717, 1.165) is 11.1 Å². The van der Waals surface area contributed by atoms with Gasteiger partial charge in [0, 0.05) is 24.4 Å². The van der Waals surface area contributed by atoms with E-state index in [2.05, 4.69) is 5.32 Å². The molecule has 1 heterocycles. The zero-order valence-corrected chi connectivity index (χ0v) is 15.9. The number of nitrogens with zero attached hydrogens (tertiary/aromatic N) is 2. The first-order valence-corrected chi connectivity index (χ1v) is 8.77. The largest absolute Gasteiger partial charge is 0.495 e. The lowest BCUT2D eigenvalue weighted by molar-refractivity contribution is -0.384. The fraction of sp³-hybridized carbons (Fsp3) is 0.143. The molecule has 0 aliphatic heterocycles. The van der Waals surface area contributed by atoms with Gasteiger partial charge in [-0.2, -0.15) is 0 Å². The Balaban J connectivity index is 1.88. The Hall–Kier alpha value is -3.94. The summed E-state index contributed by atoms with van der Waals surface area (Å²) in [4.78, 5) is 35.3. The number of carbonyl (C=O) groups is 1. The lowest BCUT2D eigenvalue weighted by atomic mass is 10.1. The Labute approximate surface area is 166 Å². The molecular formula is C21H19N3O5. The molecule has 0 unspecified atom stereocenters. The molecule has 2 aromatic carbocycles. The van der Waals surface area contributed by atoms with Gasteiger partial charge in [0.25, 0.3) is 17.2 Å². The zero-order chi connectivity index (χ0) is 21.0. The average Bonchev–Trinajstić information content (AvgIpc) is 2.69. The molecule has 1 aromatic heterocycles. The Morgan fingerprint density at radius 2 is 1.97 bits per heavy atom. The van der Waals surface area contributed by atoms with Gasteiger partial charge in [-0.05, 0) is 24.6 Å². The first-order valence-electron chi connectivity index (χ1n) is 8.77. The van der Waals surface area contributed by atoms with E-state index in [1.54, 1.807) is 0 Å². The van der Waals surface area contributed by atoms with Crippen molar-refractivity contribution in [3.8, 4) is 5.75 Å². The summed E-state index contributed by atoms with van der Waals surface area (Å²) < 4.78 is 6.60. The number of nitro benzene ring substituents is 1. The first kappa shape index (κ1) is 19.8. The first-order chi connectivity index (χ1) is 13.9. The summed E-state index contributed by atoms with van der Waals surface area (Å²) in [5.41, 5.74) is 2.00. The van der Waals surface area contributed by atoms with Crippen molar-refractivity contribution in [1.29, 1.82) is 0 Å². The van der Waals surface area contributed by atoms with Crippen molar-refractivity contribution >= 4 is 17.3 Å². The number of aryl methyl sites for hydroxylation is 1. The van der Waals surface area contributed by atoms with E-state index in [4.69, 9.17) is 4.74 Å². The number of rotatable bonds is 6. The summed E-state index contributed by atoms with van der Waals surface area (Å²) in [6.45, 7) is 2.28. The normalized spacial score (nSPS) is 10.4. The number of pyridine rings is 1. The molecule has 148 valence electrons. The van der Waals surface area contributed by atoms with Crippen LogP contribution in [0.15, 0.2) is 65.6 Å². The smallest absolute Gasteiger partial charge is 0.271 e. The summed E-state index contributed by atoms with van der Waals surface area (Å²) in [7, 11) is 1.40. The van der Waals surface area contributed by atoms with E-state index in [-0.39, 0.29) is 28.2 Å². The highest BCUT2D eigenvalue weighted by molar-refractivity contribution is 6.05. The second kappa shape index (κ2) is 8.39. The maximum atomic E-state index is 12.7. The quantitative estimate of drug-likeness (QED) is 0.511. The van der Waals surface area contributed by atoms with Crippen LogP contribution < -0.4 is 15.6 Å². The van der Waals surface area contributed by atoms with E-state index in [1.807, 2.05) is 31.2 Å². The van der Waals surface area contributed by atoms with Gasteiger partial charge in [0.1, 0.15) is 5.75 Å². The predicted octanol–water partition coefficient (Wildman–Crippen LogP) is 3.37. The van der Waals surface area contributed by atoms with Gasteiger partial charge >= 0.3 is 0 Å². The van der Waals surface area contributed by atoms with Crippen molar-refractivity contribution in [2.24, 2.45) is 0 Å². The van der Waals surface area contributed by atoms with Crippen molar-refractivity contribution in [2.75, 3.05) is 12.4 Å². The Morgan fingerprint density at radius 1 is 1.17 bits per heavy atom. The molecule has 0 fully saturated rings. The standard InChI is InChI=1S/C21H19N3O5/c1-14-4-3-5-15(10-14)12-23-13-16(6-9-20(23)25)21(26)22-18-11-17(24(27)28)7-8-19(18)29-2/h3-11,13H,12H2,1-2H3,(H,22,26). The maximum Gasteiger partial charge on any atom is 0.271 e. The number of amides is 1. The van der Waals surface area contributed by atoms with Gasteiger partial charge in [-0.15, -0.1) is 0 Å². The van der Waals surface area contributed by atoms with E-state index >= 15 is 0 Å². The minimum atomic E-state index is -0.558. The van der Waals surface area contributed by atoms with Crippen molar-refractivity contribution in [2.45, 2.75) is 13.5 Å². The van der Waals surface area contributed by atoms with Crippen molar-refractivity contribution in [1.82, 2.24) is 4.57 Å². The number of nitrogens with one attached hydrogen (secondary N) is 1. The topological polar surface area (TPSA) is 103 Å². The van der Waals surface area contributed by atoms with Crippen LogP contribution in [0, 0.1) is 17.0 Å². The minimum absolute atomic E-state index is 0.170. The van der Waals surface area contributed by atoms with Gasteiger partial charge in [0.05, 0.1) is 29.8 Å². The molecule has 0 aliphatic rings. The predicted molar refractivity (Wildman–Crippen MR) is 109 cm³/mol. The Morgan fingerprint density at radius 3 is 2.66 bits per heavy atom. The molecular weight excluding hydrogens is 374 g/mol.